The maximum Gasteiger partial charge on any atom is 0.197 e. The molecule has 2 rings (SSSR count). The monoisotopic (exact) mass is 208 g/mol. The third kappa shape index (κ3) is 1.41. The molecule has 0 amide bonds. The zero-order valence-corrected chi connectivity index (χ0v) is 9.26. The average Bonchev–Trinajstić information content (AvgIpc) is 2.22. The van der Waals surface area contributed by atoms with Crippen molar-refractivity contribution < 1.29 is 14.3 Å². The van der Waals surface area contributed by atoms with Crippen LogP contribution in [0.5, 0.6) is 0 Å². The number of methoxy groups -OCH3 is 1. The first-order chi connectivity index (χ1) is 7.09. The van der Waals surface area contributed by atoms with Crippen LogP contribution in [-0.2, 0) is 14.3 Å². The van der Waals surface area contributed by atoms with Crippen molar-refractivity contribution in [2.24, 2.45) is 5.41 Å². The summed E-state index contributed by atoms with van der Waals surface area (Å²) < 4.78 is 5.16. The van der Waals surface area contributed by atoms with Gasteiger partial charge in [0.25, 0.3) is 0 Å². The zero-order valence-electron chi connectivity index (χ0n) is 9.26. The van der Waals surface area contributed by atoms with E-state index in [0.29, 0.717) is 25.0 Å². The molecule has 1 fully saturated rings. The Bertz CT molecular complexity index is 354. The average molecular weight is 208 g/mol. The van der Waals surface area contributed by atoms with Gasteiger partial charge in [-0.2, -0.15) is 0 Å². The molecule has 0 N–H and O–H groups in total. The predicted molar refractivity (Wildman–Crippen MR) is 55.2 cm³/mol. The first-order valence-electron chi connectivity index (χ1n) is 5.43. The van der Waals surface area contributed by atoms with Crippen LogP contribution in [0.1, 0.15) is 39.0 Å². The summed E-state index contributed by atoms with van der Waals surface area (Å²) in [5.41, 5.74) is 0.523. The molecule has 0 radical (unpaired) electrons. The number of hydrogen-bond donors (Lipinski definition) is 0. The van der Waals surface area contributed by atoms with E-state index in [1.54, 1.807) is 0 Å². The van der Waals surface area contributed by atoms with Gasteiger partial charge in [-0.3, -0.25) is 9.59 Å². The van der Waals surface area contributed by atoms with Crippen molar-refractivity contribution in [2.75, 3.05) is 7.11 Å². The summed E-state index contributed by atoms with van der Waals surface area (Å²) in [5.74, 6) is 0.780. The number of hydrogen-bond acceptors (Lipinski definition) is 3. The van der Waals surface area contributed by atoms with Gasteiger partial charge >= 0.3 is 0 Å². The molecule has 2 aliphatic carbocycles. The summed E-state index contributed by atoms with van der Waals surface area (Å²) in [6.45, 7) is 1.95. The Kier molecular flexibility index (Phi) is 2.41. The van der Waals surface area contributed by atoms with Gasteiger partial charge in [-0.1, -0.05) is 0 Å². The van der Waals surface area contributed by atoms with E-state index in [2.05, 4.69) is 0 Å². The molecule has 0 heterocycles. The molecule has 0 aromatic rings. The second-order valence-electron chi connectivity index (χ2n) is 4.54. The highest BCUT2D eigenvalue weighted by molar-refractivity contribution is 6.00. The van der Waals surface area contributed by atoms with E-state index in [9.17, 15) is 9.59 Å². The van der Waals surface area contributed by atoms with Gasteiger partial charge in [0.1, 0.15) is 5.78 Å². The van der Waals surface area contributed by atoms with E-state index >= 15 is 0 Å². The summed E-state index contributed by atoms with van der Waals surface area (Å²) in [7, 11) is 1.52. The van der Waals surface area contributed by atoms with Gasteiger partial charge in [0, 0.05) is 12.8 Å². The number of rotatable bonds is 1. The fourth-order valence-electron chi connectivity index (χ4n) is 2.68. The lowest BCUT2D eigenvalue weighted by molar-refractivity contribution is -0.130. The maximum absolute atomic E-state index is 11.9. The first kappa shape index (κ1) is 10.4. The van der Waals surface area contributed by atoms with Crippen LogP contribution < -0.4 is 0 Å². The molecule has 2 aliphatic rings. The molecule has 1 atom stereocenters. The molecule has 82 valence electrons. The van der Waals surface area contributed by atoms with Crippen LogP contribution in [0.25, 0.3) is 0 Å². The first-order valence-corrected chi connectivity index (χ1v) is 5.43. The van der Waals surface area contributed by atoms with Crippen LogP contribution >= 0.6 is 0 Å². The predicted octanol–water partition coefficient (Wildman–Crippen LogP) is 2.01. The van der Waals surface area contributed by atoms with Gasteiger partial charge in [0.2, 0.25) is 0 Å². The van der Waals surface area contributed by atoms with Gasteiger partial charge in [-0.05, 0) is 31.8 Å². The van der Waals surface area contributed by atoms with Crippen molar-refractivity contribution in [3.8, 4) is 0 Å². The Morgan fingerprint density at radius 2 is 1.93 bits per heavy atom. The van der Waals surface area contributed by atoms with E-state index in [1.165, 1.54) is 7.11 Å². The highest BCUT2D eigenvalue weighted by Crippen LogP contribution is 2.46. The standard InChI is InChI=1S/C12H16O3/c1-12-7-6-9(13)11(15-2)8(12)4-3-5-10(12)14/h3-7H2,1-2H3/t12-/m1/s1. The van der Waals surface area contributed by atoms with Crippen molar-refractivity contribution >= 4 is 11.6 Å². The number of fused-ring (bicyclic) bond motifs is 1. The van der Waals surface area contributed by atoms with Gasteiger partial charge < -0.3 is 4.74 Å². The molecule has 0 unspecified atom stereocenters. The highest BCUT2D eigenvalue weighted by Gasteiger charge is 2.45. The lowest BCUT2D eigenvalue weighted by atomic mass is 9.64. The van der Waals surface area contributed by atoms with Crippen molar-refractivity contribution in [2.45, 2.75) is 39.0 Å². The van der Waals surface area contributed by atoms with Crippen molar-refractivity contribution in [3.63, 3.8) is 0 Å². The minimum Gasteiger partial charge on any atom is -0.493 e. The summed E-state index contributed by atoms with van der Waals surface area (Å²) in [5, 5.41) is 0. The van der Waals surface area contributed by atoms with E-state index in [-0.39, 0.29) is 11.6 Å². The zero-order chi connectivity index (χ0) is 11.1. The Morgan fingerprint density at radius 1 is 1.20 bits per heavy atom. The Labute approximate surface area is 89.5 Å². The van der Waals surface area contributed by atoms with E-state index < -0.39 is 5.41 Å². The maximum atomic E-state index is 11.9. The summed E-state index contributed by atoms with van der Waals surface area (Å²) in [6, 6.07) is 0. The van der Waals surface area contributed by atoms with Crippen molar-refractivity contribution in [1.29, 1.82) is 0 Å². The number of allylic oxidation sites excluding steroid dienone is 2. The smallest absolute Gasteiger partial charge is 0.197 e. The van der Waals surface area contributed by atoms with Crippen LogP contribution in [0.4, 0.5) is 0 Å². The fraction of sp³-hybridized carbons (Fsp3) is 0.667. The van der Waals surface area contributed by atoms with E-state index in [4.69, 9.17) is 4.74 Å². The third-order valence-corrected chi connectivity index (χ3v) is 3.70. The molecule has 0 aromatic carbocycles. The molecule has 1 saturated carbocycles. The molecule has 0 spiro atoms. The lowest BCUT2D eigenvalue weighted by Gasteiger charge is -2.38. The molecule has 3 nitrogen and oxygen atoms in total. The highest BCUT2D eigenvalue weighted by atomic mass is 16.5. The molecular weight excluding hydrogens is 192 g/mol. The molecule has 0 bridgehead atoms. The van der Waals surface area contributed by atoms with Crippen molar-refractivity contribution in [3.05, 3.63) is 11.3 Å². The number of ketones is 2. The van der Waals surface area contributed by atoms with Crippen LogP contribution in [0.3, 0.4) is 0 Å². The normalized spacial score (nSPS) is 31.6. The Balaban J connectivity index is 2.51. The molecular formula is C12H16O3. The Morgan fingerprint density at radius 3 is 2.60 bits per heavy atom. The van der Waals surface area contributed by atoms with Gasteiger partial charge in [-0.25, -0.2) is 0 Å². The third-order valence-electron chi connectivity index (χ3n) is 3.70. The van der Waals surface area contributed by atoms with Crippen LogP contribution in [0, 0.1) is 5.41 Å². The number of carbonyl (C=O) groups is 2. The van der Waals surface area contributed by atoms with Gasteiger partial charge in [-0.15, -0.1) is 0 Å². The summed E-state index contributed by atoms with van der Waals surface area (Å²) in [4.78, 5) is 23.6. The number of carbonyl (C=O) groups excluding carboxylic acids is 2. The lowest BCUT2D eigenvalue weighted by Crippen LogP contribution is -2.39. The minimum atomic E-state index is -0.419. The second kappa shape index (κ2) is 3.47. The molecule has 15 heavy (non-hydrogen) atoms. The fourth-order valence-corrected chi connectivity index (χ4v) is 2.68. The molecule has 0 saturated heterocycles. The van der Waals surface area contributed by atoms with Gasteiger partial charge in [0.15, 0.2) is 11.5 Å². The Hall–Kier alpha value is -1.12. The van der Waals surface area contributed by atoms with Crippen LogP contribution in [-0.4, -0.2) is 18.7 Å². The van der Waals surface area contributed by atoms with Crippen LogP contribution in [0.15, 0.2) is 11.3 Å². The van der Waals surface area contributed by atoms with Crippen molar-refractivity contribution in [1.82, 2.24) is 0 Å². The quantitative estimate of drug-likeness (QED) is 0.662. The molecule has 0 aliphatic heterocycles. The SMILES string of the molecule is COC1=C2CCCC(=O)[C@]2(C)CCC1=O. The molecule has 0 aromatic heterocycles. The molecule has 3 heteroatoms. The summed E-state index contributed by atoms with van der Waals surface area (Å²) in [6.07, 6.45) is 3.42. The number of ether oxygens (including phenoxy) is 1. The van der Waals surface area contributed by atoms with E-state index in [0.717, 1.165) is 18.4 Å². The van der Waals surface area contributed by atoms with Crippen LogP contribution in [0.2, 0.25) is 0 Å². The summed E-state index contributed by atoms with van der Waals surface area (Å²) >= 11 is 0. The number of Topliss-reactive ketones (excluding diaryl/α,β-unsaturated/α-hetero) is 2. The second-order valence-corrected chi connectivity index (χ2v) is 4.54. The minimum absolute atomic E-state index is 0.0553. The largest absolute Gasteiger partial charge is 0.493 e. The van der Waals surface area contributed by atoms with E-state index in [1.807, 2.05) is 6.92 Å². The topological polar surface area (TPSA) is 43.4 Å². The van der Waals surface area contributed by atoms with Gasteiger partial charge in [0.05, 0.1) is 12.5 Å².